The van der Waals surface area contributed by atoms with Crippen LogP contribution in [0.3, 0.4) is 0 Å². The molecule has 1 aromatic heterocycles. The molecule has 1 aliphatic rings. The normalized spacial score (nSPS) is 15.8. The second-order valence-electron chi connectivity index (χ2n) is 7.91. The van der Waals surface area contributed by atoms with Gasteiger partial charge in [0.1, 0.15) is 11.2 Å². The van der Waals surface area contributed by atoms with Gasteiger partial charge < -0.3 is 19.4 Å². The second-order valence-corrected chi connectivity index (χ2v) is 8.83. The minimum Gasteiger partial charge on any atom is -0.451 e. The van der Waals surface area contributed by atoms with Crippen LogP contribution >= 0.6 is 15.9 Å². The molecular weight excluding hydrogens is 412 g/mol. The smallest absolute Gasteiger partial charge is 0.410 e. The predicted molar refractivity (Wildman–Crippen MR) is 107 cm³/mol. The largest absolute Gasteiger partial charge is 0.451 e. The molecule has 6 nitrogen and oxygen atoms in total. The van der Waals surface area contributed by atoms with Gasteiger partial charge in [-0.3, -0.25) is 4.79 Å². The first-order valence-corrected chi connectivity index (χ1v) is 9.91. The number of ether oxygens (including phenoxy) is 1. The van der Waals surface area contributed by atoms with Crippen molar-refractivity contribution in [2.75, 3.05) is 13.1 Å². The minimum atomic E-state index is -0.504. The highest BCUT2D eigenvalue weighted by Crippen LogP contribution is 2.28. The van der Waals surface area contributed by atoms with Gasteiger partial charge in [-0.2, -0.15) is 0 Å². The van der Waals surface area contributed by atoms with E-state index in [1.807, 2.05) is 45.9 Å². The Morgan fingerprint density at radius 3 is 2.56 bits per heavy atom. The van der Waals surface area contributed by atoms with Gasteiger partial charge in [-0.1, -0.05) is 15.9 Å². The van der Waals surface area contributed by atoms with Crippen molar-refractivity contribution < 1.29 is 18.7 Å². The fourth-order valence-corrected chi connectivity index (χ4v) is 3.55. The lowest BCUT2D eigenvalue weighted by Gasteiger charge is -2.33. The van der Waals surface area contributed by atoms with E-state index in [1.54, 1.807) is 4.90 Å². The number of nitrogens with zero attached hydrogens (tertiary/aromatic N) is 1. The van der Waals surface area contributed by atoms with Crippen LogP contribution in [0, 0.1) is 6.92 Å². The molecule has 0 saturated carbocycles. The van der Waals surface area contributed by atoms with Crippen LogP contribution in [0.1, 0.15) is 49.7 Å². The molecule has 0 bridgehead atoms. The Hall–Kier alpha value is -2.02. The van der Waals surface area contributed by atoms with Crippen molar-refractivity contribution in [2.24, 2.45) is 0 Å². The number of hydrogen-bond donors (Lipinski definition) is 1. The van der Waals surface area contributed by atoms with E-state index in [2.05, 4.69) is 21.2 Å². The van der Waals surface area contributed by atoms with Crippen molar-refractivity contribution in [3.05, 3.63) is 34.0 Å². The Morgan fingerprint density at radius 1 is 1.26 bits per heavy atom. The van der Waals surface area contributed by atoms with Gasteiger partial charge in [0.2, 0.25) is 0 Å². The van der Waals surface area contributed by atoms with Gasteiger partial charge in [0.05, 0.1) is 0 Å². The van der Waals surface area contributed by atoms with Crippen LogP contribution < -0.4 is 5.32 Å². The molecule has 146 valence electrons. The van der Waals surface area contributed by atoms with E-state index in [9.17, 15) is 9.59 Å². The van der Waals surface area contributed by atoms with Crippen molar-refractivity contribution in [3.8, 4) is 0 Å². The quantitative estimate of drug-likeness (QED) is 0.744. The average Bonchev–Trinajstić information content (AvgIpc) is 2.90. The Labute approximate surface area is 167 Å². The molecule has 7 heteroatoms. The number of carbonyl (C=O) groups is 2. The number of aryl methyl sites for hydroxylation is 1. The number of nitrogens with one attached hydrogen (secondary N) is 1. The molecule has 1 saturated heterocycles. The number of carbonyl (C=O) groups excluding carboxylic acids is 2. The van der Waals surface area contributed by atoms with Gasteiger partial charge in [-0.25, -0.2) is 4.79 Å². The highest BCUT2D eigenvalue weighted by molar-refractivity contribution is 9.10. The standard InChI is InChI=1S/C20H25BrN2O4/c1-12-15-11-13(21)5-6-16(15)26-17(12)18(24)22-14-7-9-23(10-8-14)19(25)27-20(2,3)4/h5-6,11,14H,7-10H2,1-4H3,(H,22,24). The number of benzene rings is 1. The highest BCUT2D eigenvalue weighted by atomic mass is 79.9. The number of piperidine rings is 1. The van der Waals surface area contributed by atoms with Crippen LogP contribution in [-0.4, -0.2) is 41.6 Å². The van der Waals surface area contributed by atoms with Gasteiger partial charge in [0.15, 0.2) is 5.76 Å². The van der Waals surface area contributed by atoms with E-state index in [1.165, 1.54) is 0 Å². The topological polar surface area (TPSA) is 71.8 Å². The number of halogens is 1. The number of amides is 2. The Balaban J connectivity index is 1.60. The monoisotopic (exact) mass is 436 g/mol. The molecule has 2 amide bonds. The van der Waals surface area contributed by atoms with Crippen LogP contribution in [0.15, 0.2) is 27.1 Å². The molecule has 3 rings (SSSR count). The van der Waals surface area contributed by atoms with Crippen LogP contribution in [0.4, 0.5) is 4.79 Å². The Bertz CT molecular complexity index is 861. The van der Waals surface area contributed by atoms with Gasteiger partial charge >= 0.3 is 6.09 Å². The lowest BCUT2D eigenvalue weighted by molar-refractivity contribution is 0.0199. The summed E-state index contributed by atoms with van der Waals surface area (Å²) < 4.78 is 12.1. The first-order chi connectivity index (χ1) is 12.6. The molecule has 0 radical (unpaired) electrons. The predicted octanol–water partition coefficient (Wildman–Crippen LogP) is 4.63. The van der Waals surface area contributed by atoms with E-state index in [0.29, 0.717) is 37.3 Å². The summed E-state index contributed by atoms with van der Waals surface area (Å²) in [5, 5.41) is 3.96. The SMILES string of the molecule is Cc1c(C(=O)NC2CCN(C(=O)OC(C)(C)C)CC2)oc2ccc(Br)cc12. The van der Waals surface area contributed by atoms with Crippen molar-refractivity contribution in [2.45, 2.75) is 52.2 Å². The van der Waals surface area contributed by atoms with E-state index in [4.69, 9.17) is 9.15 Å². The molecule has 0 unspecified atom stereocenters. The fourth-order valence-electron chi connectivity index (χ4n) is 3.19. The summed E-state index contributed by atoms with van der Waals surface area (Å²) in [5.74, 6) is 0.133. The van der Waals surface area contributed by atoms with Crippen molar-refractivity contribution in [3.63, 3.8) is 0 Å². The fraction of sp³-hybridized carbons (Fsp3) is 0.500. The number of fused-ring (bicyclic) bond motifs is 1. The first kappa shape index (κ1) is 19.7. The number of hydrogen-bond acceptors (Lipinski definition) is 4. The Morgan fingerprint density at radius 2 is 1.93 bits per heavy atom. The van der Waals surface area contributed by atoms with Crippen LogP contribution in [-0.2, 0) is 4.74 Å². The zero-order valence-corrected chi connectivity index (χ0v) is 17.7. The maximum absolute atomic E-state index is 12.7. The summed E-state index contributed by atoms with van der Waals surface area (Å²) in [6, 6.07) is 5.70. The van der Waals surface area contributed by atoms with Gasteiger partial charge in [0, 0.05) is 34.6 Å². The summed E-state index contributed by atoms with van der Waals surface area (Å²) in [6.07, 6.45) is 1.08. The zero-order chi connectivity index (χ0) is 19.8. The third-order valence-electron chi connectivity index (χ3n) is 4.59. The highest BCUT2D eigenvalue weighted by Gasteiger charge is 2.28. The van der Waals surface area contributed by atoms with Crippen LogP contribution in [0.2, 0.25) is 0 Å². The molecule has 0 atom stereocenters. The summed E-state index contributed by atoms with van der Waals surface area (Å²) in [7, 11) is 0. The summed E-state index contributed by atoms with van der Waals surface area (Å²) in [5.41, 5.74) is 1.02. The number of rotatable bonds is 2. The van der Waals surface area contributed by atoms with Crippen LogP contribution in [0.25, 0.3) is 11.0 Å². The van der Waals surface area contributed by atoms with E-state index < -0.39 is 5.60 Å². The Kier molecular flexibility index (Phi) is 5.51. The summed E-state index contributed by atoms with van der Waals surface area (Å²) >= 11 is 3.44. The molecule has 1 aliphatic heterocycles. The lowest BCUT2D eigenvalue weighted by Crippen LogP contribution is -2.47. The van der Waals surface area contributed by atoms with Crippen molar-refractivity contribution >= 4 is 38.9 Å². The van der Waals surface area contributed by atoms with E-state index in [-0.39, 0.29) is 18.0 Å². The molecule has 27 heavy (non-hydrogen) atoms. The number of furan rings is 1. The summed E-state index contributed by atoms with van der Waals surface area (Å²) in [6.45, 7) is 8.57. The van der Waals surface area contributed by atoms with Gasteiger partial charge in [-0.15, -0.1) is 0 Å². The molecule has 0 aliphatic carbocycles. The molecule has 1 N–H and O–H groups in total. The second kappa shape index (κ2) is 7.54. The van der Waals surface area contributed by atoms with Gasteiger partial charge in [-0.05, 0) is 58.7 Å². The minimum absolute atomic E-state index is 0.00975. The number of likely N-dealkylation sites (tertiary alicyclic amines) is 1. The van der Waals surface area contributed by atoms with Crippen LogP contribution in [0.5, 0.6) is 0 Å². The molecule has 2 heterocycles. The zero-order valence-electron chi connectivity index (χ0n) is 16.1. The van der Waals surface area contributed by atoms with E-state index >= 15 is 0 Å². The third-order valence-corrected chi connectivity index (χ3v) is 5.08. The third kappa shape index (κ3) is 4.64. The first-order valence-electron chi connectivity index (χ1n) is 9.11. The lowest BCUT2D eigenvalue weighted by atomic mass is 10.0. The molecular formula is C20H25BrN2O4. The molecule has 1 aromatic carbocycles. The molecule has 1 fully saturated rings. The van der Waals surface area contributed by atoms with Crippen molar-refractivity contribution in [1.29, 1.82) is 0 Å². The molecule has 2 aromatic rings. The average molecular weight is 437 g/mol. The molecule has 0 spiro atoms. The van der Waals surface area contributed by atoms with E-state index in [0.717, 1.165) is 15.4 Å². The maximum Gasteiger partial charge on any atom is 0.410 e. The van der Waals surface area contributed by atoms with Crippen molar-refractivity contribution in [1.82, 2.24) is 10.2 Å². The summed E-state index contributed by atoms with van der Waals surface area (Å²) in [4.78, 5) is 26.5. The maximum atomic E-state index is 12.7. The van der Waals surface area contributed by atoms with Gasteiger partial charge in [0.25, 0.3) is 5.91 Å².